The van der Waals surface area contributed by atoms with Gasteiger partial charge in [-0.3, -0.25) is 0 Å². The number of alkyl halides is 6. The van der Waals surface area contributed by atoms with E-state index < -0.39 is 24.5 Å². The molecule has 160 valence electrons. The van der Waals surface area contributed by atoms with Gasteiger partial charge >= 0.3 is 18.4 Å². The Morgan fingerprint density at radius 2 is 1.66 bits per heavy atom. The standard InChI is InChI=1S/C16H18F6N6O/c1-2-3-5-9-24-12-26-13(25-10-7-4-6-8-23-10)28-14(27-12)29-11(15(17,18)19)16(20,21)22/h4,6-8,11H,2-3,5,9H2,1H3,(H2,23,24,25,26,27,28). The zero-order valence-corrected chi connectivity index (χ0v) is 15.2. The number of rotatable bonds is 9. The fourth-order valence-corrected chi connectivity index (χ4v) is 2.10. The number of halogens is 6. The lowest BCUT2D eigenvalue weighted by Crippen LogP contribution is -2.47. The minimum absolute atomic E-state index is 0.227. The maximum absolute atomic E-state index is 12.8. The summed E-state index contributed by atoms with van der Waals surface area (Å²) in [5.74, 6) is -0.327. The normalized spacial score (nSPS) is 12.1. The number of nitrogens with one attached hydrogen (secondary N) is 2. The smallest absolute Gasteiger partial charge is 0.434 e. The van der Waals surface area contributed by atoms with Crippen LogP contribution in [-0.2, 0) is 0 Å². The summed E-state index contributed by atoms with van der Waals surface area (Å²) in [7, 11) is 0. The number of anilines is 3. The van der Waals surface area contributed by atoms with E-state index in [9.17, 15) is 26.3 Å². The molecule has 7 nitrogen and oxygen atoms in total. The van der Waals surface area contributed by atoms with E-state index in [0.717, 1.165) is 12.8 Å². The van der Waals surface area contributed by atoms with E-state index in [-0.39, 0.29) is 17.7 Å². The lowest BCUT2D eigenvalue weighted by molar-refractivity contribution is -0.301. The Hall–Kier alpha value is -2.86. The molecule has 13 heteroatoms. The molecule has 0 bridgehead atoms. The minimum Gasteiger partial charge on any atom is -0.440 e. The van der Waals surface area contributed by atoms with Gasteiger partial charge in [-0.05, 0) is 18.6 Å². The topological polar surface area (TPSA) is 84.9 Å². The first kappa shape index (κ1) is 22.4. The first-order valence-corrected chi connectivity index (χ1v) is 8.57. The molecule has 0 radical (unpaired) electrons. The molecular weight excluding hydrogens is 406 g/mol. The number of ether oxygens (including phenoxy) is 1. The van der Waals surface area contributed by atoms with Crippen LogP contribution in [0.5, 0.6) is 6.01 Å². The molecule has 0 fully saturated rings. The number of aromatic nitrogens is 4. The van der Waals surface area contributed by atoms with Gasteiger partial charge in [0, 0.05) is 12.7 Å². The predicted octanol–water partition coefficient (Wildman–Crippen LogP) is 4.48. The molecule has 0 spiro atoms. The van der Waals surface area contributed by atoms with E-state index in [1.165, 1.54) is 12.3 Å². The fourth-order valence-electron chi connectivity index (χ4n) is 2.10. The Kier molecular flexibility index (Phi) is 7.40. The molecule has 0 atom stereocenters. The third kappa shape index (κ3) is 7.23. The van der Waals surface area contributed by atoms with E-state index in [0.29, 0.717) is 13.0 Å². The second-order valence-electron chi connectivity index (χ2n) is 5.82. The Morgan fingerprint density at radius 3 is 2.24 bits per heavy atom. The summed E-state index contributed by atoms with van der Waals surface area (Å²) in [6, 6.07) is 3.61. The largest absolute Gasteiger partial charge is 0.440 e. The van der Waals surface area contributed by atoms with Gasteiger partial charge in [0.1, 0.15) is 5.82 Å². The molecule has 0 aliphatic rings. The molecule has 0 aliphatic heterocycles. The van der Waals surface area contributed by atoms with Gasteiger partial charge < -0.3 is 15.4 Å². The third-order valence-corrected chi connectivity index (χ3v) is 3.40. The van der Waals surface area contributed by atoms with Crippen LogP contribution >= 0.6 is 0 Å². The Morgan fingerprint density at radius 1 is 0.966 bits per heavy atom. The molecule has 2 aromatic heterocycles. The maximum atomic E-state index is 12.8. The SMILES string of the molecule is CCCCCNc1nc(Nc2ccccn2)nc(OC(C(F)(F)F)C(F)(F)F)n1. The van der Waals surface area contributed by atoms with Crippen molar-refractivity contribution in [3.8, 4) is 6.01 Å². The fraction of sp³-hybridized carbons (Fsp3) is 0.500. The predicted molar refractivity (Wildman–Crippen MR) is 91.9 cm³/mol. The Bertz CT molecular complexity index is 757. The minimum atomic E-state index is -5.70. The molecule has 0 unspecified atom stereocenters. The van der Waals surface area contributed by atoms with Crippen molar-refractivity contribution in [3.63, 3.8) is 0 Å². The number of nitrogens with zero attached hydrogens (tertiary/aromatic N) is 4. The lowest BCUT2D eigenvalue weighted by Gasteiger charge is -2.23. The van der Waals surface area contributed by atoms with Crippen LogP contribution in [0.2, 0.25) is 0 Å². The highest BCUT2D eigenvalue weighted by atomic mass is 19.4. The van der Waals surface area contributed by atoms with Crippen molar-refractivity contribution in [1.82, 2.24) is 19.9 Å². The van der Waals surface area contributed by atoms with Crippen LogP contribution in [0.4, 0.5) is 44.1 Å². The van der Waals surface area contributed by atoms with Crippen LogP contribution in [0.1, 0.15) is 26.2 Å². The van der Waals surface area contributed by atoms with Gasteiger partial charge in [-0.15, -0.1) is 0 Å². The lowest BCUT2D eigenvalue weighted by atomic mass is 10.2. The molecule has 0 aromatic carbocycles. The third-order valence-electron chi connectivity index (χ3n) is 3.40. The van der Waals surface area contributed by atoms with Crippen LogP contribution in [0.15, 0.2) is 24.4 Å². The van der Waals surface area contributed by atoms with Crippen molar-refractivity contribution in [2.45, 2.75) is 44.6 Å². The van der Waals surface area contributed by atoms with E-state index in [2.05, 4.69) is 35.3 Å². The molecule has 29 heavy (non-hydrogen) atoms. The van der Waals surface area contributed by atoms with E-state index >= 15 is 0 Å². The van der Waals surface area contributed by atoms with Crippen LogP contribution in [0.3, 0.4) is 0 Å². The number of hydrogen-bond acceptors (Lipinski definition) is 7. The van der Waals surface area contributed by atoms with Crippen molar-refractivity contribution in [2.75, 3.05) is 17.2 Å². The molecule has 0 aliphatic carbocycles. The first-order valence-electron chi connectivity index (χ1n) is 8.57. The highest BCUT2D eigenvalue weighted by molar-refractivity contribution is 5.49. The van der Waals surface area contributed by atoms with Gasteiger partial charge in [0.25, 0.3) is 6.10 Å². The molecular formula is C16H18F6N6O. The van der Waals surface area contributed by atoms with Gasteiger partial charge in [-0.25, -0.2) is 4.98 Å². The van der Waals surface area contributed by atoms with Crippen LogP contribution in [0, 0.1) is 0 Å². The summed E-state index contributed by atoms with van der Waals surface area (Å²) >= 11 is 0. The number of pyridine rings is 1. The Labute approximate surface area is 161 Å². The highest BCUT2D eigenvalue weighted by Gasteiger charge is 2.59. The quantitative estimate of drug-likeness (QED) is 0.453. The summed E-state index contributed by atoms with van der Waals surface area (Å²) in [4.78, 5) is 14.9. The average Bonchev–Trinajstić information content (AvgIpc) is 2.62. The van der Waals surface area contributed by atoms with Crippen LogP contribution in [0.25, 0.3) is 0 Å². The van der Waals surface area contributed by atoms with E-state index in [1.807, 2.05) is 6.92 Å². The van der Waals surface area contributed by atoms with Crippen molar-refractivity contribution < 1.29 is 31.1 Å². The van der Waals surface area contributed by atoms with Crippen molar-refractivity contribution in [1.29, 1.82) is 0 Å². The monoisotopic (exact) mass is 424 g/mol. The molecule has 2 N–H and O–H groups in total. The van der Waals surface area contributed by atoms with Gasteiger partial charge in [-0.1, -0.05) is 25.8 Å². The number of hydrogen-bond donors (Lipinski definition) is 2. The van der Waals surface area contributed by atoms with Crippen molar-refractivity contribution in [3.05, 3.63) is 24.4 Å². The molecule has 0 saturated carbocycles. The summed E-state index contributed by atoms with van der Waals surface area (Å²) in [5.41, 5.74) is 0. The highest BCUT2D eigenvalue weighted by Crippen LogP contribution is 2.36. The molecule has 2 rings (SSSR count). The summed E-state index contributed by atoms with van der Waals surface area (Å²) in [5, 5.41) is 5.31. The van der Waals surface area contributed by atoms with E-state index in [4.69, 9.17) is 0 Å². The first-order chi connectivity index (χ1) is 13.6. The maximum Gasteiger partial charge on any atom is 0.434 e. The van der Waals surface area contributed by atoms with Gasteiger partial charge in [-0.2, -0.15) is 41.3 Å². The summed E-state index contributed by atoms with van der Waals surface area (Å²) in [6.07, 6.45) is -11.6. The molecule has 0 amide bonds. The molecule has 2 aromatic rings. The average molecular weight is 424 g/mol. The van der Waals surface area contributed by atoms with Crippen molar-refractivity contribution in [2.24, 2.45) is 0 Å². The van der Waals surface area contributed by atoms with Crippen LogP contribution in [-0.4, -0.2) is 44.9 Å². The summed E-state index contributed by atoms with van der Waals surface area (Å²) in [6.45, 7) is 2.33. The second kappa shape index (κ2) is 9.56. The zero-order valence-electron chi connectivity index (χ0n) is 15.2. The van der Waals surface area contributed by atoms with Crippen LogP contribution < -0.4 is 15.4 Å². The number of unbranched alkanes of at least 4 members (excludes halogenated alkanes) is 2. The van der Waals surface area contributed by atoms with Gasteiger partial charge in [0.2, 0.25) is 11.9 Å². The Balaban J connectivity index is 2.29. The zero-order chi connectivity index (χ0) is 21.5. The molecule has 0 saturated heterocycles. The molecule has 2 heterocycles. The van der Waals surface area contributed by atoms with E-state index in [1.54, 1.807) is 12.1 Å². The van der Waals surface area contributed by atoms with Crippen molar-refractivity contribution >= 4 is 17.7 Å². The van der Waals surface area contributed by atoms with Gasteiger partial charge in [0.15, 0.2) is 0 Å². The second-order valence-corrected chi connectivity index (χ2v) is 5.82. The summed E-state index contributed by atoms with van der Waals surface area (Å²) < 4.78 is 80.8. The van der Waals surface area contributed by atoms with Gasteiger partial charge in [0.05, 0.1) is 0 Å².